The lowest BCUT2D eigenvalue weighted by atomic mass is 9.86. The Balaban J connectivity index is 2.64. The summed E-state index contributed by atoms with van der Waals surface area (Å²) in [6.07, 6.45) is -1.49. The van der Waals surface area contributed by atoms with Crippen molar-refractivity contribution in [2.24, 2.45) is 5.41 Å². The third-order valence-electron chi connectivity index (χ3n) is 3.50. The van der Waals surface area contributed by atoms with Gasteiger partial charge in [0, 0.05) is 12.6 Å². The summed E-state index contributed by atoms with van der Waals surface area (Å²) in [5, 5.41) is 2.14. The average Bonchev–Trinajstić information content (AvgIpc) is 2.27. The fraction of sp³-hybridized carbons (Fsp3) is 0.923. The van der Waals surface area contributed by atoms with Crippen LogP contribution >= 0.6 is 0 Å². The predicted molar refractivity (Wildman–Crippen MR) is 67.7 cm³/mol. The third-order valence-corrected chi connectivity index (χ3v) is 3.50. The van der Waals surface area contributed by atoms with Crippen LogP contribution in [0.5, 0.6) is 0 Å². The van der Waals surface area contributed by atoms with Crippen molar-refractivity contribution in [3.05, 3.63) is 0 Å². The zero-order valence-electron chi connectivity index (χ0n) is 11.8. The van der Waals surface area contributed by atoms with Gasteiger partial charge in [-0.15, -0.1) is 0 Å². The summed E-state index contributed by atoms with van der Waals surface area (Å²) in [4.78, 5) is 13.2. The maximum atomic E-state index is 12.4. The van der Waals surface area contributed by atoms with E-state index in [-0.39, 0.29) is 0 Å². The van der Waals surface area contributed by atoms with E-state index in [1.54, 1.807) is 0 Å². The van der Waals surface area contributed by atoms with E-state index >= 15 is 0 Å². The molecule has 1 saturated heterocycles. The second kappa shape index (κ2) is 6.11. The predicted octanol–water partition coefficient (Wildman–Crippen LogP) is 2.57. The Bertz CT molecular complexity index is 304. The first kappa shape index (κ1) is 16.3. The van der Waals surface area contributed by atoms with Gasteiger partial charge in [0.15, 0.2) is 0 Å². The van der Waals surface area contributed by atoms with Crippen molar-refractivity contribution < 1.29 is 18.0 Å². The van der Waals surface area contributed by atoms with E-state index in [0.29, 0.717) is 6.54 Å². The van der Waals surface area contributed by atoms with Crippen LogP contribution in [-0.2, 0) is 4.79 Å². The van der Waals surface area contributed by atoms with Gasteiger partial charge in [-0.1, -0.05) is 27.2 Å². The molecule has 0 spiro atoms. The first-order valence-corrected chi connectivity index (χ1v) is 6.71. The zero-order valence-corrected chi connectivity index (χ0v) is 11.8. The van der Waals surface area contributed by atoms with E-state index in [1.165, 1.54) is 6.42 Å². The number of amides is 1. The molecule has 1 heterocycles. The molecular weight excluding hydrogens is 257 g/mol. The minimum atomic E-state index is -4.81. The van der Waals surface area contributed by atoms with E-state index < -0.39 is 23.5 Å². The van der Waals surface area contributed by atoms with Gasteiger partial charge in [-0.3, -0.25) is 4.79 Å². The Hall–Kier alpha value is -0.780. The topological polar surface area (TPSA) is 32.3 Å². The Morgan fingerprint density at radius 1 is 1.16 bits per heavy atom. The van der Waals surface area contributed by atoms with Crippen molar-refractivity contribution in [2.75, 3.05) is 19.6 Å². The maximum Gasteiger partial charge on any atom is 0.471 e. The van der Waals surface area contributed by atoms with Crippen molar-refractivity contribution in [3.63, 3.8) is 0 Å². The Morgan fingerprint density at radius 2 is 1.68 bits per heavy atom. The van der Waals surface area contributed by atoms with Crippen molar-refractivity contribution >= 4 is 5.91 Å². The highest BCUT2D eigenvalue weighted by Gasteiger charge is 2.41. The van der Waals surface area contributed by atoms with E-state index in [2.05, 4.69) is 10.2 Å². The minimum absolute atomic E-state index is 0.404. The molecule has 19 heavy (non-hydrogen) atoms. The largest absolute Gasteiger partial charge is 0.471 e. The molecule has 0 aliphatic carbocycles. The van der Waals surface area contributed by atoms with Crippen LogP contribution in [0.1, 0.15) is 40.0 Å². The second-order valence-corrected chi connectivity index (χ2v) is 6.25. The lowest BCUT2D eigenvalue weighted by molar-refractivity contribution is -0.175. The highest BCUT2D eigenvalue weighted by atomic mass is 19.4. The molecule has 0 unspecified atom stereocenters. The number of rotatable bonds is 3. The molecule has 3 nitrogen and oxygen atoms in total. The van der Waals surface area contributed by atoms with E-state index in [4.69, 9.17) is 0 Å². The SMILES string of the molecule is CC(C)(C)[C@@H](CN1CCCCC1)NC(=O)C(F)(F)F. The molecule has 1 fully saturated rings. The van der Waals surface area contributed by atoms with Crippen molar-refractivity contribution in [1.82, 2.24) is 10.2 Å². The number of carbonyl (C=O) groups excluding carboxylic acids is 1. The highest BCUT2D eigenvalue weighted by molar-refractivity contribution is 5.82. The standard InChI is InChI=1S/C13H23F3N2O/c1-12(2,3)10(17-11(19)13(14,15)16)9-18-7-5-4-6-8-18/h10H,4-9H2,1-3H3,(H,17,19)/t10-/m1/s1. The molecule has 1 amide bonds. The summed E-state index contributed by atoms with van der Waals surface area (Å²) in [6.45, 7) is 7.81. The average molecular weight is 280 g/mol. The quantitative estimate of drug-likeness (QED) is 0.861. The number of likely N-dealkylation sites (tertiary alicyclic amines) is 1. The summed E-state index contributed by atoms with van der Waals surface area (Å²) >= 11 is 0. The molecule has 112 valence electrons. The van der Waals surface area contributed by atoms with Crippen molar-refractivity contribution in [3.8, 4) is 0 Å². The molecule has 0 aromatic carbocycles. The lowest BCUT2D eigenvalue weighted by Crippen LogP contribution is -2.54. The van der Waals surface area contributed by atoms with Gasteiger partial charge in [-0.25, -0.2) is 0 Å². The molecule has 0 radical (unpaired) electrons. The summed E-state index contributed by atoms with van der Waals surface area (Å²) in [6, 6.07) is -0.500. The fourth-order valence-electron chi connectivity index (χ4n) is 2.18. The number of halogens is 3. The molecule has 0 aromatic heterocycles. The van der Waals surface area contributed by atoms with Gasteiger partial charge >= 0.3 is 12.1 Å². The van der Waals surface area contributed by atoms with E-state index in [1.807, 2.05) is 20.8 Å². The van der Waals surface area contributed by atoms with Crippen LogP contribution in [0, 0.1) is 5.41 Å². The van der Waals surface area contributed by atoms with Crippen LogP contribution in [0.15, 0.2) is 0 Å². The number of carbonyl (C=O) groups is 1. The number of hydrogen-bond acceptors (Lipinski definition) is 2. The molecule has 1 aliphatic rings. The Morgan fingerprint density at radius 3 is 2.11 bits per heavy atom. The Labute approximate surface area is 112 Å². The number of nitrogens with zero attached hydrogens (tertiary/aromatic N) is 1. The van der Waals surface area contributed by atoms with Crippen LogP contribution in [0.4, 0.5) is 13.2 Å². The maximum absolute atomic E-state index is 12.4. The monoisotopic (exact) mass is 280 g/mol. The first-order chi connectivity index (χ1) is 8.60. The number of hydrogen-bond donors (Lipinski definition) is 1. The fourth-order valence-corrected chi connectivity index (χ4v) is 2.18. The molecule has 0 saturated carbocycles. The molecule has 1 N–H and O–H groups in total. The summed E-state index contributed by atoms with van der Waals surface area (Å²) < 4.78 is 37.1. The third kappa shape index (κ3) is 5.38. The number of nitrogens with one attached hydrogen (secondary N) is 1. The summed E-state index contributed by atoms with van der Waals surface area (Å²) in [5.41, 5.74) is -0.404. The van der Waals surface area contributed by atoms with Gasteiger partial charge in [0.2, 0.25) is 0 Å². The second-order valence-electron chi connectivity index (χ2n) is 6.25. The number of piperidine rings is 1. The molecule has 6 heteroatoms. The first-order valence-electron chi connectivity index (χ1n) is 6.71. The smallest absolute Gasteiger partial charge is 0.344 e. The lowest BCUT2D eigenvalue weighted by Gasteiger charge is -2.37. The van der Waals surface area contributed by atoms with Crippen LogP contribution in [0.2, 0.25) is 0 Å². The Kier molecular flexibility index (Phi) is 5.24. The minimum Gasteiger partial charge on any atom is -0.344 e. The molecule has 1 atom stereocenters. The van der Waals surface area contributed by atoms with Gasteiger partial charge < -0.3 is 10.2 Å². The van der Waals surface area contributed by atoms with Crippen LogP contribution < -0.4 is 5.32 Å². The molecular formula is C13H23F3N2O. The molecule has 1 rings (SSSR count). The normalized spacial score (nSPS) is 20.1. The summed E-state index contributed by atoms with van der Waals surface area (Å²) in [7, 11) is 0. The van der Waals surface area contributed by atoms with Gasteiger partial charge in [0.1, 0.15) is 0 Å². The zero-order chi connectivity index (χ0) is 14.7. The van der Waals surface area contributed by atoms with E-state index in [0.717, 1.165) is 25.9 Å². The van der Waals surface area contributed by atoms with Crippen LogP contribution in [-0.4, -0.2) is 42.7 Å². The van der Waals surface area contributed by atoms with E-state index in [9.17, 15) is 18.0 Å². The van der Waals surface area contributed by atoms with Crippen LogP contribution in [0.25, 0.3) is 0 Å². The molecule has 1 aliphatic heterocycles. The van der Waals surface area contributed by atoms with Gasteiger partial charge in [-0.2, -0.15) is 13.2 Å². The highest BCUT2D eigenvalue weighted by Crippen LogP contribution is 2.23. The van der Waals surface area contributed by atoms with Gasteiger partial charge in [0.25, 0.3) is 0 Å². The molecule has 0 bridgehead atoms. The van der Waals surface area contributed by atoms with Gasteiger partial charge in [0.05, 0.1) is 0 Å². The van der Waals surface area contributed by atoms with Crippen molar-refractivity contribution in [2.45, 2.75) is 52.3 Å². The van der Waals surface area contributed by atoms with Crippen molar-refractivity contribution in [1.29, 1.82) is 0 Å². The molecule has 0 aromatic rings. The van der Waals surface area contributed by atoms with Gasteiger partial charge in [-0.05, 0) is 31.3 Å². The van der Waals surface area contributed by atoms with Crippen LogP contribution in [0.3, 0.4) is 0 Å². The summed E-state index contributed by atoms with van der Waals surface area (Å²) in [5.74, 6) is -1.84. The number of alkyl halides is 3.